The molecule has 0 aliphatic carbocycles. The highest BCUT2D eigenvalue weighted by Crippen LogP contribution is 2.33. The fraction of sp³-hybridized carbons (Fsp3) is 0.211. The predicted molar refractivity (Wildman–Crippen MR) is 96.6 cm³/mol. The van der Waals surface area contributed by atoms with Gasteiger partial charge in [0, 0.05) is 16.7 Å². The number of hydrogen-bond acceptors (Lipinski definition) is 3. The Balaban J connectivity index is 1.93. The Hall–Kier alpha value is -2.46. The number of phenolic OH excluding ortho intramolecular Hbond substituents is 1. The Kier molecular flexibility index (Phi) is 4.49. The first kappa shape index (κ1) is 16.4. The number of ether oxygens (including phenoxy) is 1. The molecule has 0 saturated carbocycles. The molecule has 0 aliphatic heterocycles. The number of nitrogens with one attached hydrogen (secondary N) is 1. The molecule has 0 unspecified atom stereocenters. The first-order chi connectivity index (χ1) is 11.5. The minimum absolute atomic E-state index is 0.0686. The lowest BCUT2D eigenvalue weighted by molar-refractivity contribution is 0.242. The van der Waals surface area contributed by atoms with Crippen molar-refractivity contribution in [3.63, 3.8) is 0 Å². The van der Waals surface area contributed by atoms with Crippen molar-refractivity contribution >= 4 is 11.6 Å². The zero-order valence-corrected chi connectivity index (χ0v) is 14.6. The number of halogens is 1. The van der Waals surface area contributed by atoms with Gasteiger partial charge in [-0.05, 0) is 51.1 Å². The van der Waals surface area contributed by atoms with E-state index in [9.17, 15) is 5.11 Å². The van der Waals surface area contributed by atoms with Gasteiger partial charge in [0.05, 0.1) is 22.5 Å². The van der Waals surface area contributed by atoms with Crippen LogP contribution in [0.3, 0.4) is 0 Å². The number of aromatic nitrogens is 2. The monoisotopic (exact) mass is 342 g/mol. The summed E-state index contributed by atoms with van der Waals surface area (Å²) < 4.78 is 5.65. The molecule has 5 heteroatoms. The van der Waals surface area contributed by atoms with Crippen LogP contribution in [0.1, 0.15) is 19.4 Å². The third-order valence-electron chi connectivity index (χ3n) is 3.76. The summed E-state index contributed by atoms with van der Waals surface area (Å²) in [5, 5.41) is 17.8. The summed E-state index contributed by atoms with van der Waals surface area (Å²) in [7, 11) is 0. The molecule has 0 aliphatic rings. The van der Waals surface area contributed by atoms with Crippen molar-refractivity contribution in [1.82, 2.24) is 10.2 Å². The molecule has 4 nitrogen and oxygen atoms in total. The summed E-state index contributed by atoms with van der Waals surface area (Å²) in [4.78, 5) is 0. The highest BCUT2D eigenvalue weighted by molar-refractivity contribution is 6.32. The molecule has 0 bridgehead atoms. The van der Waals surface area contributed by atoms with Crippen molar-refractivity contribution in [2.45, 2.75) is 26.9 Å². The second-order valence-corrected chi connectivity index (χ2v) is 6.34. The van der Waals surface area contributed by atoms with Crippen molar-refractivity contribution in [1.29, 1.82) is 0 Å². The quantitative estimate of drug-likeness (QED) is 0.685. The molecule has 124 valence electrons. The van der Waals surface area contributed by atoms with Crippen LogP contribution in [0.15, 0.2) is 42.5 Å². The molecule has 3 aromatic rings. The smallest absolute Gasteiger partial charge is 0.138 e. The molecule has 0 atom stereocenters. The Morgan fingerprint density at radius 1 is 1.17 bits per heavy atom. The van der Waals surface area contributed by atoms with Crippen molar-refractivity contribution in [3.8, 4) is 34.0 Å². The normalized spacial score (nSPS) is 11.0. The van der Waals surface area contributed by atoms with Crippen LogP contribution in [-0.2, 0) is 0 Å². The van der Waals surface area contributed by atoms with Gasteiger partial charge in [0.15, 0.2) is 0 Å². The molecule has 2 aromatic carbocycles. The zero-order valence-electron chi connectivity index (χ0n) is 13.8. The number of aromatic amines is 1. The van der Waals surface area contributed by atoms with Crippen LogP contribution in [0.5, 0.6) is 11.5 Å². The Morgan fingerprint density at radius 2 is 1.96 bits per heavy atom. The van der Waals surface area contributed by atoms with Gasteiger partial charge in [0.25, 0.3) is 0 Å². The van der Waals surface area contributed by atoms with E-state index >= 15 is 0 Å². The van der Waals surface area contributed by atoms with E-state index in [1.54, 1.807) is 6.07 Å². The predicted octanol–water partition coefficient (Wildman–Crippen LogP) is 5.20. The van der Waals surface area contributed by atoms with Crippen LogP contribution in [0, 0.1) is 6.92 Å². The highest BCUT2D eigenvalue weighted by atomic mass is 35.5. The zero-order chi connectivity index (χ0) is 17.3. The number of nitrogens with zero attached hydrogens (tertiary/aromatic N) is 1. The first-order valence-electron chi connectivity index (χ1n) is 7.76. The number of H-pyrrole nitrogens is 1. The summed E-state index contributed by atoms with van der Waals surface area (Å²) in [5.41, 5.74) is 4.25. The number of phenols is 1. The molecule has 0 spiro atoms. The van der Waals surface area contributed by atoms with Gasteiger partial charge in [-0.2, -0.15) is 5.10 Å². The largest absolute Gasteiger partial charge is 0.508 e. The van der Waals surface area contributed by atoms with Gasteiger partial charge in [-0.15, -0.1) is 0 Å². The van der Waals surface area contributed by atoms with Gasteiger partial charge in [-0.25, -0.2) is 0 Å². The van der Waals surface area contributed by atoms with Crippen LogP contribution >= 0.6 is 11.6 Å². The third kappa shape index (κ3) is 3.24. The van der Waals surface area contributed by atoms with Gasteiger partial charge >= 0.3 is 0 Å². The second-order valence-electron chi connectivity index (χ2n) is 5.93. The molecule has 0 fully saturated rings. The molecule has 3 rings (SSSR count). The average Bonchev–Trinajstić information content (AvgIpc) is 3.01. The number of benzene rings is 2. The minimum atomic E-state index is 0.0686. The lowest BCUT2D eigenvalue weighted by Crippen LogP contribution is -2.05. The molecule has 1 aromatic heterocycles. The fourth-order valence-electron chi connectivity index (χ4n) is 2.53. The van der Waals surface area contributed by atoms with Crippen molar-refractivity contribution in [2.75, 3.05) is 0 Å². The van der Waals surface area contributed by atoms with Gasteiger partial charge in [-0.1, -0.05) is 23.7 Å². The van der Waals surface area contributed by atoms with E-state index in [0.29, 0.717) is 10.8 Å². The van der Waals surface area contributed by atoms with E-state index in [1.807, 2.05) is 57.2 Å². The van der Waals surface area contributed by atoms with Gasteiger partial charge < -0.3 is 9.84 Å². The molecule has 24 heavy (non-hydrogen) atoms. The molecule has 0 saturated heterocycles. The van der Waals surface area contributed by atoms with Crippen LogP contribution < -0.4 is 4.74 Å². The molecule has 0 radical (unpaired) electrons. The topological polar surface area (TPSA) is 58.1 Å². The molecule has 0 amide bonds. The van der Waals surface area contributed by atoms with Gasteiger partial charge in [0.1, 0.15) is 11.5 Å². The number of rotatable bonds is 4. The van der Waals surface area contributed by atoms with Crippen LogP contribution in [-0.4, -0.2) is 21.4 Å². The Labute approximate surface area is 146 Å². The summed E-state index contributed by atoms with van der Waals surface area (Å²) in [6.07, 6.45) is 0.0686. The van der Waals surface area contributed by atoms with Crippen molar-refractivity contribution in [2.24, 2.45) is 0 Å². The molecular formula is C19H19ClN2O2. The van der Waals surface area contributed by atoms with E-state index in [-0.39, 0.29) is 11.9 Å². The summed E-state index contributed by atoms with van der Waals surface area (Å²) in [6.45, 7) is 5.80. The van der Waals surface area contributed by atoms with Gasteiger partial charge in [0.2, 0.25) is 0 Å². The van der Waals surface area contributed by atoms with E-state index in [2.05, 4.69) is 10.2 Å². The molecule has 1 heterocycles. The summed E-state index contributed by atoms with van der Waals surface area (Å²) in [5.74, 6) is 0.928. The van der Waals surface area contributed by atoms with E-state index in [0.717, 1.165) is 28.1 Å². The SMILES string of the molecule is Cc1c(O)cccc1-c1cc(-c2ccc(OC(C)C)c(Cl)c2)n[nH]1. The number of aromatic hydroxyl groups is 1. The van der Waals surface area contributed by atoms with Crippen LogP contribution in [0.2, 0.25) is 5.02 Å². The van der Waals surface area contributed by atoms with E-state index in [1.165, 1.54) is 0 Å². The third-order valence-corrected chi connectivity index (χ3v) is 4.06. The van der Waals surface area contributed by atoms with E-state index in [4.69, 9.17) is 16.3 Å². The maximum atomic E-state index is 9.86. The standard InChI is InChI=1S/C19H19ClN2O2/c1-11(2)24-19-8-7-13(9-15(19)20)16-10-17(22-21-16)14-5-4-6-18(23)12(14)3/h4-11,23H,1-3H3,(H,21,22). The lowest BCUT2D eigenvalue weighted by atomic mass is 10.0. The Bertz CT molecular complexity index is 872. The highest BCUT2D eigenvalue weighted by Gasteiger charge is 2.12. The molecule has 2 N–H and O–H groups in total. The lowest BCUT2D eigenvalue weighted by Gasteiger charge is -2.11. The fourth-order valence-corrected chi connectivity index (χ4v) is 2.76. The maximum absolute atomic E-state index is 9.86. The number of hydrogen-bond donors (Lipinski definition) is 2. The average molecular weight is 343 g/mol. The second kappa shape index (κ2) is 6.57. The maximum Gasteiger partial charge on any atom is 0.138 e. The van der Waals surface area contributed by atoms with Crippen molar-refractivity contribution in [3.05, 3.63) is 53.1 Å². The van der Waals surface area contributed by atoms with E-state index < -0.39 is 0 Å². The minimum Gasteiger partial charge on any atom is -0.508 e. The summed E-state index contributed by atoms with van der Waals surface area (Å²) in [6, 6.07) is 13.0. The van der Waals surface area contributed by atoms with Crippen LogP contribution in [0.4, 0.5) is 0 Å². The molecular weight excluding hydrogens is 324 g/mol. The van der Waals surface area contributed by atoms with Crippen molar-refractivity contribution < 1.29 is 9.84 Å². The van der Waals surface area contributed by atoms with Gasteiger partial charge in [-0.3, -0.25) is 5.10 Å². The first-order valence-corrected chi connectivity index (χ1v) is 8.14. The summed E-state index contributed by atoms with van der Waals surface area (Å²) >= 11 is 6.30. The Morgan fingerprint density at radius 3 is 2.67 bits per heavy atom. The van der Waals surface area contributed by atoms with Crippen LogP contribution in [0.25, 0.3) is 22.5 Å².